The first-order valence-corrected chi connectivity index (χ1v) is 6.91. The normalized spacial score (nSPS) is 20.2. The predicted octanol–water partition coefficient (Wildman–Crippen LogP) is 2.17. The van der Waals surface area contributed by atoms with E-state index >= 15 is 0 Å². The van der Waals surface area contributed by atoms with Crippen molar-refractivity contribution >= 4 is 17.4 Å². The fraction of sp³-hybridized carbons (Fsp3) is 0.375. The van der Waals surface area contributed by atoms with Gasteiger partial charge in [-0.2, -0.15) is 0 Å². The molecule has 0 saturated heterocycles. The maximum Gasteiger partial charge on any atom is 0.319 e. The highest BCUT2D eigenvalue weighted by Gasteiger charge is 2.58. The Balaban J connectivity index is 1.71. The molecule has 1 heterocycles. The van der Waals surface area contributed by atoms with E-state index < -0.39 is 11.4 Å². The van der Waals surface area contributed by atoms with Crippen LogP contribution in [0.3, 0.4) is 0 Å². The highest BCUT2D eigenvalue weighted by molar-refractivity contribution is 6.05. The van der Waals surface area contributed by atoms with Crippen molar-refractivity contribution in [3.05, 3.63) is 42.0 Å². The summed E-state index contributed by atoms with van der Waals surface area (Å²) < 4.78 is 0. The number of amides is 1. The van der Waals surface area contributed by atoms with Gasteiger partial charge in [-0.1, -0.05) is 36.4 Å². The lowest BCUT2D eigenvalue weighted by molar-refractivity contribution is -0.153. The smallest absolute Gasteiger partial charge is 0.319 e. The Bertz CT molecular complexity index is 573. The van der Waals surface area contributed by atoms with Gasteiger partial charge in [-0.15, -0.1) is 0 Å². The van der Waals surface area contributed by atoms with Gasteiger partial charge in [0.25, 0.3) is 0 Å². The molecule has 0 spiro atoms. The van der Waals surface area contributed by atoms with Crippen molar-refractivity contribution in [2.24, 2.45) is 5.41 Å². The SMILES string of the molecule is O=C(O)C1(C(=O)N2CC=C(c3ccccc3)CC2)CC1. The van der Waals surface area contributed by atoms with Gasteiger partial charge in [-0.05, 0) is 30.4 Å². The van der Waals surface area contributed by atoms with Crippen LogP contribution >= 0.6 is 0 Å². The van der Waals surface area contributed by atoms with E-state index in [1.54, 1.807) is 4.90 Å². The molecule has 0 atom stereocenters. The molecule has 0 bridgehead atoms. The first-order valence-electron chi connectivity index (χ1n) is 6.91. The van der Waals surface area contributed by atoms with Crippen LogP contribution in [0.15, 0.2) is 36.4 Å². The van der Waals surface area contributed by atoms with Gasteiger partial charge < -0.3 is 10.0 Å². The maximum atomic E-state index is 12.3. The molecular weight excluding hydrogens is 254 g/mol. The Morgan fingerprint density at radius 2 is 1.85 bits per heavy atom. The second-order valence-corrected chi connectivity index (χ2v) is 5.48. The number of hydrogen-bond donors (Lipinski definition) is 1. The van der Waals surface area contributed by atoms with E-state index in [1.807, 2.05) is 24.3 Å². The fourth-order valence-electron chi connectivity index (χ4n) is 2.71. The minimum Gasteiger partial charge on any atom is -0.480 e. The van der Waals surface area contributed by atoms with E-state index in [-0.39, 0.29) is 5.91 Å². The van der Waals surface area contributed by atoms with Crippen LogP contribution in [0.2, 0.25) is 0 Å². The Morgan fingerprint density at radius 1 is 1.15 bits per heavy atom. The van der Waals surface area contributed by atoms with E-state index in [0.29, 0.717) is 25.9 Å². The van der Waals surface area contributed by atoms with Crippen LogP contribution in [0.25, 0.3) is 5.57 Å². The molecule has 1 fully saturated rings. The maximum absolute atomic E-state index is 12.3. The van der Waals surface area contributed by atoms with Crippen LogP contribution in [0.5, 0.6) is 0 Å². The predicted molar refractivity (Wildman–Crippen MR) is 74.9 cm³/mol. The summed E-state index contributed by atoms with van der Waals surface area (Å²) in [5.41, 5.74) is 1.30. The van der Waals surface area contributed by atoms with Gasteiger partial charge in [0.1, 0.15) is 5.41 Å². The Labute approximate surface area is 117 Å². The third kappa shape index (κ3) is 2.11. The molecule has 1 aliphatic heterocycles. The van der Waals surface area contributed by atoms with E-state index in [2.05, 4.69) is 12.1 Å². The van der Waals surface area contributed by atoms with Crippen LogP contribution in [0.4, 0.5) is 0 Å². The van der Waals surface area contributed by atoms with Gasteiger partial charge in [0.05, 0.1) is 0 Å². The molecule has 3 rings (SSSR count). The zero-order valence-corrected chi connectivity index (χ0v) is 11.2. The molecule has 104 valence electrons. The number of carbonyl (C=O) groups excluding carboxylic acids is 1. The number of carboxylic acid groups (broad SMARTS) is 1. The number of carbonyl (C=O) groups is 2. The molecular formula is C16H17NO3. The van der Waals surface area contributed by atoms with Crippen molar-refractivity contribution in [3.63, 3.8) is 0 Å². The summed E-state index contributed by atoms with van der Waals surface area (Å²) >= 11 is 0. The third-order valence-electron chi connectivity index (χ3n) is 4.21. The monoisotopic (exact) mass is 271 g/mol. The summed E-state index contributed by atoms with van der Waals surface area (Å²) in [5.74, 6) is -1.19. The highest BCUT2D eigenvalue weighted by Crippen LogP contribution is 2.47. The van der Waals surface area contributed by atoms with Crippen molar-refractivity contribution in [2.45, 2.75) is 19.3 Å². The van der Waals surface area contributed by atoms with Gasteiger partial charge in [0.15, 0.2) is 0 Å². The lowest BCUT2D eigenvalue weighted by Crippen LogP contribution is -2.42. The second kappa shape index (κ2) is 4.78. The van der Waals surface area contributed by atoms with Crippen LogP contribution in [-0.4, -0.2) is 35.0 Å². The van der Waals surface area contributed by atoms with Crippen LogP contribution in [0.1, 0.15) is 24.8 Å². The summed E-state index contributed by atoms with van der Waals surface area (Å²) in [7, 11) is 0. The first-order chi connectivity index (χ1) is 9.63. The fourth-order valence-corrected chi connectivity index (χ4v) is 2.71. The van der Waals surface area contributed by atoms with Gasteiger partial charge >= 0.3 is 5.97 Å². The summed E-state index contributed by atoms with van der Waals surface area (Å²) in [4.78, 5) is 25.1. The standard InChI is InChI=1S/C16H17NO3/c18-14(16(8-9-16)15(19)20)17-10-6-13(7-11-17)12-4-2-1-3-5-12/h1-6H,7-11H2,(H,19,20). The second-order valence-electron chi connectivity index (χ2n) is 5.48. The Morgan fingerprint density at radius 3 is 2.35 bits per heavy atom. The number of carboxylic acids is 1. The quantitative estimate of drug-likeness (QED) is 0.857. The van der Waals surface area contributed by atoms with Crippen LogP contribution in [0, 0.1) is 5.41 Å². The third-order valence-corrected chi connectivity index (χ3v) is 4.21. The molecule has 1 amide bonds. The minimum atomic E-state index is -1.11. The van der Waals surface area contributed by atoms with Crippen molar-refractivity contribution in [1.82, 2.24) is 4.90 Å². The van der Waals surface area contributed by atoms with E-state index in [0.717, 1.165) is 6.42 Å². The minimum absolute atomic E-state index is 0.214. The average Bonchev–Trinajstić information content (AvgIpc) is 3.29. The molecule has 4 heteroatoms. The Kier molecular flexibility index (Phi) is 3.08. The van der Waals surface area contributed by atoms with E-state index in [1.165, 1.54) is 11.1 Å². The molecule has 4 nitrogen and oxygen atoms in total. The molecule has 20 heavy (non-hydrogen) atoms. The van der Waals surface area contributed by atoms with Crippen molar-refractivity contribution in [1.29, 1.82) is 0 Å². The largest absolute Gasteiger partial charge is 0.480 e. The first kappa shape index (κ1) is 12.9. The van der Waals surface area contributed by atoms with Crippen molar-refractivity contribution in [3.8, 4) is 0 Å². The summed E-state index contributed by atoms with van der Waals surface area (Å²) in [6, 6.07) is 10.1. The Hall–Kier alpha value is -2.10. The van der Waals surface area contributed by atoms with E-state index in [9.17, 15) is 14.7 Å². The zero-order chi connectivity index (χ0) is 14.2. The average molecular weight is 271 g/mol. The van der Waals surface area contributed by atoms with Gasteiger partial charge in [0.2, 0.25) is 5.91 Å². The summed E-state index contributed by atoms with van der Waals surface area (Å²) in [5, 5.41) is 9.17. The number of nitrogens with zero attached hydrogens (tertiary/aromatic N) is 1. The zero-order valence-electron chi connectivity index (χ0n) is 11.2. The molecule has 0 aromatic heterocycles. The van der Waals surface area contributed by atoms with Crippen LogP contribution < -0.4 is 0 Å². The number of hydrogen-bond acceptors (Lipinski definition) is 2. The molecule has 1 aromatic rings. The lowest BCUT2D eigenvalue weighted by atomic mass is 9.98. The highest BCUT2D eigenvalue weighted by atomic mass is 16.4. The molecule has 1 aliphatic carbocycles. The number of aliphatic carboxylic acids is 1. The molecule has 1 N–H and O–H groups in total. The molecule has 2 aliphatic rings. The van der Waals surface area contributed by atoms with Gasteiger partial charge in [-0.25, -0.2) is 0 Å². The van der Waals surface area contributed by atoms with E-state index in [4.69, 9.17) is 0 Å². The van der Waals surface area contributed by atoms with Crippen LogP contribution in [-0.2, 0) is 9.59 Å². The van der Waals surface area contributed by atoms with Gasteiger partial charge in [0, 0.05) is 13.1 Å². The van der Waals surface area contributed by atoms with Crippen molar-refractivity contribution < 1.29 is 14.7 Å². The van der Waals surface area contributed by atoms with Crippen molar-refractivity contribution in [2.75, 3.05) is 13.1 Å². The molecule has 0 radical (unpaired) electrons. The number of rotatable bonds is 3. The van der Waals surface area contributed by atoms with Gasteiger partial charge in [-0.3, -0.25) is 9.59 Å². The molecule has 1 aromatic carbocycles. The summed E-state index contributed by atoms with van der Waals surface area (Å²) in [6.45, 7) is 1.12. The summed E-state index contributed by atoms with van der Waals surface area (Å²) in [6.07, 6.45) is 3.78. The topological polar surface area (TPSA) is 57.6 Å². The molecule has 1 saturated carbocycles. The lowest BCUT2D eigenvalue weighted by Gasteiger charge is -2.29. The number of benzene rings is 1. The molecule has 0 unspecified atom stereocenters.